The smallest absolute Gasteiger partial charge is 0.294 e. The lowest BCUT2D eigenvalue weighted by atomic mass is 10.1. The molecule has 154 valence electrons. The molecule has 11 heteroatoms. The highest BCUT2D eigenvalue weighted by Crippen LogP contribution is 2.36. The van der Waals surface area contributed by atoms with Gasteiger partial charge in [0.05, 0.1) is 10.6 Å². The van der Waals surface area contributed by atoms with E-state index in [1.807, 2.05) is 0 Å². The summed E-state index contributed by atoms with van der Waals surface area (Å²) in [4.78, 5) is 30.1. The van der Waals surface area contributed by atoms with Gasteiger partial charge in [-0.1, -0.05) is 23.7 Å². The molecule has 0 fully saturated rings. The fraction of sp³-hybridized carbons (Fsp3) is 0.105. The lowest BCUT2D eigenvalue weighted by molar-refractivity contribution is -0.384. The molecule has 3 rings (SSSR count). The molecule has 0 amide bonds. The van der Waals surface area contributed by atoms with E-state index in [-0.39, 0.29) is 27.0 Å². The number of alkyl halides is 3. The molecule has 0 aliphatic heterocycles. The van der Waals surface area contributed by atoms with E-state index in [1.165, 1.54) is 37.3 Å². The quantitative estimate of drug-likeness (QED) is 0.201. The third kappa shape index (κ3) is 4.95. The number of rotatable bonds is 5. The van der Waals surface area contributed by atoms with E-state index in [4.69, 9.17) is 11.6 Å². The van der Waals surface area contributed by atoms with Gasteiger partial charge in [-0.25, -0.2) is 9.97 Å². The van der Waals surface area contributed by atoms with Crippen LogP contribution in [0.4, 0.5) is 18.9 Å². The minimum Gasteiger partial charge on any atom is -0.294 e. The number of Topliss-reactive ketones (excluding diaryl/α,β-unsaturated/α-hetero) is 1. The predicted octanol–water partition coefficient (Wildman–Crippen LogP) is 6.08. The molecular weight excluding hydrogens is 443 g/mol. The van der Waals surface area contributed by atoms with Gasteiger partial charge in [0.15, 0.2) is 10.9 Å². The molecule has 0 saturated heterocycles. The maximum absolute atomic E-state index is 13.4. The molecule has 30 heavy (non-hydrogen) atoms. The van der Waals surface area contributed by atoms with Crippen molar-refractivity contribution in [1.29, 1.82) is 0 Å². The molecule has 0 aliphatic carbocycles. The first-order chi connectivity index (χ1) is 14.0. The summed E-state index contributed by atoms with van der Waals surface area (Å²) in [5, 5.41) is 11.1. The third-order valence-electron chi connectivity index (χ3n) is 3.89. The van der Waals surface area contributed by atoms with Crippen molar-refractivity contribution < 1.29 is 22.9 Å². The summed E-state index contributed by atoms with van der Waals surface area (Å²) in [5.74, 6) is -0.480. The molecule has 6 nitrogen and oxygen atoms in total. The van der Waals surface area contributed by atoms with E-state index in [0.717, 1.165) is 18.2 Å². The largest absolute Gasteiger partial charge is 0.433 e. The summed E-state index contributed by atoms with van der Waals surface area (Å²) in [5.41, 5.74) is -1.07. The van der Waals surface area contributed by atoms with Crippen LogP contribution < -0.4 is 0 Å². The molecule has 0 atom stereocenters. The zero-order chi connectivity index (χ0) is 22.1. The van der Waals surface area contributed by atoms with Crippen molar-refractivity contribution in [3.05, 3.63) is 74.9 Å². The highest BCUT2D eigenvalue weighted by molar-refractivity contribution is 7.99. The molecule has 0 N–H and O–H groups in total. The van der Waals surface area contributed by atoms with Crippen LogP contribution in [-0.2, 0) is 6.18 Å². The standard InChI is InChI=1S/C19H11ClF3N3O3S/c1-10(27)14-8-13(26(28)29)6-7-16(14)30-18-24-15(9-17(25-18)19(21,22)23)11-2-4-12(20)5-3-11/h2-9H,1H3. The number of nitro benzene ring substituents is 1. The van der Waals surface area contributed by atoms with E-state index >= 15 is 0 Å². The van der Waals surface area contributed by atoms with Crippen LogP contribution in [0.2, 0.25) is 5.02 Å². The molecule has 1 heterocycles. The molecular formula is C19H11ClF3N3O3S. The maximum atomic E-state index is 13.4. The second kappa shape index (κ2) is 8.41. The van der Waals surface area contributed by atoms with Crippen molar-refractivity contribution in [1.82, 2.24) is 9.97 Å². The molecule has 0 unspecified atom stereocenters. The van der Waals surface area contributed by atoms with E-state index < -0.39 is 22.6 Å². The van der Waals surface area contributed by atoms with Gasteiger partial charge < -0.3 is 0 Å². The number of hydrogen-bond acceptors (Lipinski definition) is 6. The number of aromatic nitrogens is 2. The van der Waals surface area contributed by atoms with Gasteiger partial charge in [-0.2, -0.15) is 13.2 Å². The van der Waals surface area contributed by atoms with Crippen LogP contribution in [0.25, 0.3) is 11.3 Å². The zero-order valence-electron chi connectivity index (χ0n) is 15.1. The lowest BCUT2D eigenvalue weighted by Crippen LogP contribution is -2.10. The van der Waals surface area contributed by atoms with Crippen molar-refractivity contribution >= 4 is 34.8 Å². The Bertz CT molecular complexity index is 1140. The zero-order valence-corrected chi connectivity index (χ0v) is 16.7. The van der Waals surface area contributed by atoms with Gasteiger partial charge >= 0.3 is 6.18 Å². The normalized spacial score (nSPS) is 11.4. The topological polar surface area (TPSA) is 86.0 Å². The Labute approximate surface area is 177 Å². The average molecular weight is 454 g/mol. The van der Waals surface area contributed by atoms with Gasteiger partial charge in [0.25, 0.3) is 5.69 Å². The molecule has 0 saturated carbocycles. The Morgan fingerprint density at radius 3 is 2.33 bits per heavy atom. The van der Waals surface area contributed by atoms with Crippen molar-refractivity contribution in [3.8, 4) is 11.3 Å². The van der Waals surface area contributed by atoms with Gasteiger partial charge in [-0.15, -0.1) is 0 Å². The summed E-state index contributed by atoms with van der Waals surface area (Å²) in [6, 6.07) is 10.4. The third-order valence-corrected chi connectivity index (χ3v) is 5.08. The van der Waals surface area contributed by atoms with Crippen molar-refractivity contribution in [3.63, 3.8) is 0 Å². The van der Waals surface area contributed by atoms with E-state index in [2.05, 4.69) is 9.97 Å². The molecule has 1 aromatic heterocycles. The SMILES string of the molecule is CC(=O)c1cc([N+](=O)[O-])ccc1Sc1nc(-c2ccc(Cl)cc2)cc(C(F)(F)F)n1. The van der Waals surface area contributed by atoms with Crippen molar-refractivity contribution in [2.75, 3.05) is 0 Å². The number of non-ortho nitro benzene ring substituents is 1. The second-order valence-corrected chi connectivity index (χ2v) is 7.47. The second-order valence-electron chi connectivity index (χ2n) is 6.02. The number of carbonyl (C=O) groups excluding carboxylic acids is 1. The summed E-state index contributed by atoms with van der Waals surface area (Å²) in [6.45, 7) is 1.20. The Kier molecular flexibility index (Phi) is 6.09. The van der Waals surface area contributed by atoms with Gasteiger partial charge in [0.2, 0.25) is 0 Å². The number of nitro groups is 1. The summed E-state index contributed by atoms with van der Waals surface area (Å²) < 4.78 is 40.1. The first-order valence-corrected chi connectivity index (χ1v) is 9.43. The van der Waals surface area contributed by atoms with Gasteiger partial charge in [-0.05, 0) is 43.0 Å². The minimum atomic E-state index is -4.72. The summed E-state index contributed by atoms with van der Waals surface area (Å²) in [6.07, 6.45) is -4.72. The lowest BCUT2D eigenvalue weighted by Gasteiger charge is -2.11. The Morgan fingerprint density at radius 1 is 1.10 bits per heavy atom. The van der Waals surface area contributed by atoms with Crippen LogP contribution >= 0.6 is 23.4 Å². The summed E-state index contributed by atoms with van der Waals surface area (Å²) >= 11 is 6.54. The Hall–Kier alpha value is -2.98. The Morgan fingerprint density at radius 2 is 1.77 bits per heavy atom. The van der Waals surface area contributed by atoms with Crippen LogP contribution in [0, 0.1) is 10.1 Å². The number of benzene rings is 2. The molecule has 0 bridgehead atoms. The number of hydrogen-bond donors (Lipinski definition) is 0. The van der Waals surface area contributed by atoms with Gasteiger partial charge in [0, 0.05) is 33.2 Å². The number of nitrogens with zero attached hydrogens (tertiary/aromatic N) is 3. The van der Waals surface area contributed by atoms with Crippen molar-refractivity contribution in [2.45, 2.75) is 23.2 Å². The summed E-state index contributed by atoms with van der Waals surface area (Å²) in [7, 11) is 0. The average Bonchev–Trinajstić information content (AvgIpc) is 2.67. The molecule has 0 aliphatic rings. The fourth-order valence-corrected chi connectivity index (χ4v) is 3.54. The molecule has 0 spiro atoms. The Balaban J connectivity index is 2.10. The highest BCUT2D eigenvalue weighted by Gasteiger charge is 2.34. The first-order valence-electron chi connectivity index (χ1n) is 8.24. The predicted molar refractivity (Wildman–Crippen MR) is 105 cm³/mol. The van der Waals surface area contributed by atoms with Gasteiger partial charge in [0.1, 0.15) is 5.69 Å². The van der Waals surface area contributed by atoms with Crippen molar-refractivity contribution in [2.24, 2.45) is 0 Å². The van der Waals surface area contributed by atoms with Crippen LogP contribution in [0.15, 0.2) is 58.6 Å². The molecule has 2 aromatic carbocycles. The molecule has 0 radical (unpaired) electrons. The van der Waals surface area contributed by atoms with Gasteiger partial charge in [-0.3, -0.25) is 14.9 Å². The fourth-order valence-electron chi connectivity index (χ4n) is 2.48. The van der Waals surface area contributed by atoms with E-state index in [1.54, 1.807) is 0 Å². The highest BCUT2D eigenvalue weighted by atomic mass is 35.5. The number of carbonyl (C=O) groups is 1. The number of halogens is 4. The van der Waals surface area contributed by atoms with E-state index in [0.29, 0.717) is 22.3 Å². The van der Waals surface area contributed by atoms with Crippen LogP contribution in [0.1, 0.15) is 23.0 Å². The molecule has 3 aromatic rings. The van der Waals surface area contributed by atoms with E-state index in [9.17, 15) is 28.1 Å². The monoisotopic (exact) mass is 453 g/mol. The first kappa shape index (κ1) is 21.7. The van der Waals surface area contributed by atoms with Crippen LogP contribution in [0.5, 0.6) is 0 Å². The minimum absolute atomic E-state index is 0.0109. The number of ketones is 1. The van der Waals surface area contributed by atoms with Crippen LogP contribution in [0.3, 0.4) is 0 Å². The maximum Gasteiger partial charge on any atom is 0.433 e. The van der Waals surface area contributed by atoms with Crippen LogP contribution in [-0.4, -0.2) is 20.7 Å².